The number of ether oxygens (including phenoxy) is 1. The van der Waals surface area contributed by atoms with Gasteiger partial charge in [-0.1, -0.05) is 6.07 Å². The minimum Gasteiger partial charge on any atom is -0.480 e. The number of non-ortho nitro benzene ring substituents is 1. The number of benzene rings is 1. The summed E-state index contributed by atoms with van der Waals surface area (Å²) in [5, 5.41) is 22.6. The summed E-state index contributed by atoms with van der Waals surface area (Å²) in [6.07, 6.45) is 0.272. The lowest BCUT2D eigenvalue weighted by atomic mass is 10.1. The van der Waals surface area contributed by atoms with E-state index < -0.39 is 16.9 Å². The molecule has 19 heavy (non-hydrogen) atoms. The van der Waals surface area contributed by atoms with Gasteiger partial charge in [0.15, 0.2) is 0 Å². The Bertz CT molecular complexity index is 475. The summed E-state index contributed by atoms with van der Waals surface area (Å²) in [7, 11) is 1.48. The van der Waals surface area contributed by atoms with Gasteiger partial charge in [-0.25, -0.2) is 4.79 Å². The number of nitrogens with one attached hydrogen (secondary N) is 1. The van der Waals surface area contributed by atoms with Gasteiger partial charge in [-0.3, -0.25) is 10.1 Å². The van der Waals surface area contributed by atoms with E-state index in [4.69, 9.17) is 9.84 Å². The van der Waals surface area contributed by atoms with Gasteiger partial charge in [0, 0.05) is 38.0 Å². The Labute approximate surface area is 110 Å². The molecule has 104 valence electrons. The van der Waals surface area contributed by atoms with Crippen LogP contribution in [0.5, 0.6) is 0 Å². The summed E-state index contributed by atoms with van der Waals surface area (Å²) < 4.78 is 4.84. The fourth-order valence-electron chi connectivity index (χ4n) is 1.56. The molecule has 0 bridgehead atoms. The summed E-state index contributed by atoms with van der Waals surface area (Å²) in [5.74, 6) is -1.03. The molecule has 0 aromatic heterocycles. The lowest BCUT2D eigenvalue weighted by Crippen LogP contribution is -2.30. The molecule has 1 aromatic rings. The van der Waals surface area contributed by atoms with Crippen LogP contribution in [0.4, 0.5) is 11.4 Å². The van der Waals surface area contributed by atoms with Crippen LogP contribution >= 0.6 is 0 Å². The minimum absolute atomic E-state index is 0.0796. The third-order valence-electron chi connectivity index (χ3n) is 2.67. The zero-order chi connectivity index (χ0) is 14.4. The first-order chi connectivity index (χ1) is 8.95. The number of carboxylic acid groups (broad SMARTS) is 1. The van der Waals surface area contributed by atoms with Gasteiger partial charge < -0.3 is 15.2 Å². The molecular formula is C12H16N2O5. The summed E-state index contributed by atoms with van der Waals surface area (Å²) in [6.45, 7) is 2.04. The van der Waals surface area contributed by atoms with Gasteiger partial charge >= 0.3 is 5.97 Å². The van der Waals surface area contributed by atoms with Crippen molar-refractivity contribution < 1.29 is 19.6 Å². The number of aryl methyl sites for hydroxylation is 1. The molecule has 1 unspecified atom stereocenters. The molecule has 0 aliphatic carbocycles. The number of hydrogen-bond donors (Lipinski definition) is 2. The van der Waals surface area contributed by atoms with Crippen LogP contribution < -0.4 is 5.32 Å². The zero-order valence-corrected chi connectivity index (χ0v) is 10.8. The second-order valence-electron chi connectivity index (χ2n) is 4.07. The largest absolute Gasteiger partial charge is 0.480 e. The van der Waals surface area contributed by atoms with Crippen LogP contribution in [0.15, 0.2) is 18.2 Å². The molecule has 2 N–H and O–H groups in total. The van der Waals surface area contributed by atoms with E-state index in [1.807, 2.05) is 0 Å². The van der Waals surface area contributed by atoms with Crippen LogP contribution in [0.2, 0.25) is 0 Å². The van der Waals surface area contributed by atoms with Gasteiger partial charge in [0.1, 0.15) is 6.04 Å². The number of anilines is 1. The Morgan fingerprint density at radius 2 is 2.26 bits per heavy atom. The SMILES string of the molecule is COCCC(Nc1cc([N+](=O)[O-])ccc1C)C(=O)O. The molecular weight excluding hydrogens is 252 g/mol. The van der Waals surface area contributed by atoms with E-state index in [9.17, 15) is 14.9 Å². The third-order valence-corrected chi connectivity index (χ3v) is 2.67. The van der Waals surface area contributed by atoms with Crippen molar-refractivity contribution in [3.8, 4) is 0 Å². The van der Waals surface area contributed by atoms with Crippen molar-refractivity contribution in [3.05, 3.63) is 33.9 Å². The van der Waals surface area contributed by atoms with Gasteiger partial charge in [0.2, 0.25) is 0 Å². The predicted octanol–water partition coefficient (Wildman–Crippen LogP) is 1.80. The maximum atomic E-state index is 11.1. The average Bonchev–Trinajstić information content (AvgIpc) is 2.35. The van der Waals surface area contributed by atoms with Gasteiger partial charge in [-0.05, 0) is 12.5 Å². The molecule has 0 amide bonds. The van der Waals surface area contributed by atoms with Gasteiger partial charge in [0.25, 0.3) is 5.69 Å². The third kappa shape index (κ3) is 4.22. The van der Waals surface area contributed by atoms with Crippen LogP contribution in [0, 0.1) is 17.0 Å². The second kappa shape index (κ2) is 6.69. The van der Waals surface area contributed by atoms with Crippen LogP contribution in [0.3, 0.4) is 0 Å². The zero-order valence-electron chi connectivity index (χ0n) is 10.8. The Hall–Kier alpha value is -2.15. The van der Waals surface area contributed by atoms with Gasteiger partial charge in [-0.15, -0.1) is 0 Å². The first kappa shape index (κ1) is 14.9. The maximum absolute atomic E-state index is 11.1. The van der Waals surface area contributed by atoms with Crippen molar-refractivity contribution >= 4 is 17.3 Å². The maximum Gasteiger partial charge on any atom is 0.326 e. The van der Waals surface area contributed by atoms with Crippen molar-refractivity contribution in [2.45, 2.75) is 19.4 Å². The molecule has 7 nitrogen and oxygen atoms in total. The molecule has 1 rings (SSSR count). The fraction of sp³-hybridized carbons (Fsp3) is 0.417. The lowest BCUT2D eigenvalue weighted by molar-refractivity contribution is -0.384. The number of rotatable bonds is 7. The summed E-state index contributed by atoms with van der Waals surface area (Å²) in [6, 6.07) is 3.44. The van der Waals surface area contributed by atoms with E-state index in [0.29, 0.717) is 5.69 Å². The van der Waals surface area contributed by atoms with E-state index in [2.05, 4.69) is 5.32 Å². The molecule has 0 radical (unpaired) electrons. The first-order valence-corrected chi connectivity index (χ1v) is 5.69. The first-order valence-electron chi connectivity index (χ1n) is 5.69. The van der Waals surface area contributed by atoms with Crippen LogP contribution in [-0.2, 0) is 9.53 Å². The summed E-state index contributed by atoms with van der Waals surface area (Å²) >= 11 is 0. The van der Waals surface area contributed by atoms with E-state index >= 15 is 0 Å². The molecule has 0 saturated heterocycles. The highest BCUT2D eigenvalue weighted by molar-refractivity contribution is 5.78. The summed E-state index contributed by atoms with van der Waals surface area (Å²) in [4.78, 5) is 21.3. The molecule has 0 heterocycles. The quantitative estimate of drug-likeness (QED) is 0.577. The Kier molecular flexibility index (Phi) is 5.25. The fourth-order valence-corrected chi connectivity index (χ4v) is 1.56. The molecule has 1 aromatic carbocycles. The monoisotopic (exact) mass is 268 g/mol. The van der Waals surface area contributed by atoms with Crippen molar-refractivity contribution in [3.63, 3.8) is 0 Å². The van der Waals surface area contributed by atoms with E-state index in [1.54, 1.807) is 13.0 Å². The van der Waals surface area contributed by atoms with E-state index in [0.717, 1.165) is 5.56 Å². The van der Waals surface area contributed by atoms with Crippen molar-refractivity contribution in [2.75, 3.05) is 19.0 Å². The molecule has 0 aliphatic heterocycles. The topological polar surface area (TPSA) is 102 Å². The van der Waals surface area contributed by atoms with Crippen molar-refractivity contribution in [1.29, 1.82) is 0 Å². The summed E-state index contributed by atoms with van der Waals surface area (Å²) in [5.41, 5.74) is 1.11. The molecule has 0 saturated carbocycles. The lowest BCUT2D eigenvalue weighted by Gasteiger charge is -2.16. The predicted molar refractivity (Wildman–Crippen MR) is 69.4 cm³/mol. The smallest absolute Gasteiger partial charge is 0.326 e. The van der Waals surface area contributed by atoms with Gasteiger partial charge in [-0.2, -0.15) is 0 Å². The molecule has 7 heteroatoms. The van der Waals surface area contributed by atoms with Crippen molar-refractivity contribution in [2.24, 2.45) is 0 Å². The number of hydrogen-bond acceptors (Lipinski definition) is 5. The minimum atomic E-state index is -1.03. The number of nitro groups is 1. The van der Waals surface area contributed by atoms with Gasteiger partial charge in [0.05, 0.1) is 4.92 Å². The number of nitro benzene ring substituents is 1. The molecule has 1 atom stereocenters. The normalized spacial score (nSPS) is 11.9. The number of aliphatic carboxylic acids is 1. The second-order valence-corrected chi connectivity index (χ2v) is 4.07. The highest BCUT2D eigenvalue weighted by atomic mass is 16.6. The van der Waals surface area contributed by atoms with E-state index in [1.165, 1.54) is 19.2 Å². The van der Waals surface area contributed by atoms with E-state index in [-0.39, 0.29) is 18.7 Å². The van der Waals surface area contributed by atoms with Crippen molar-refractivity contribution in [1.82, 2.24) is 0 Å². The highest BCUT2D eigenvalue weighted by Crippen LogP contribution is 2.23. The average molecular weight is 268 g/mol. The number of carbonyl (C=O) groups is 1. The van der Waals surface area contributed by atoms with Crippen LogP contribution in [-0.4, -0.2) is 35.8 Å². The number of methoxy groups -OCH3 is 1. The Morgan fingerprint density at radius 1 is 1.58 bits per heavy atom. The van der Waals surface area contributed by atoms with Crippen LogP contribution in [0.25, 0.3) is 0 Å². The standard InChI is InChI=1S/C12H16N2O5/c1-8-3-4-9(14(17)18)7-11(8)13-10(12(15)16)5-6-19-2/h3-4,7,10,13H,5-6H2,1-2H3,(H,15,16). The Balaban J connectivity index is 2.91. The molecule has 0 aliphatic rings. The Morgan fingerprint density at radius 3 is 2.79 bits per heavy atom. The number of carboxylic acids is 1. The highest BCUT2D eigenvalue weighted by Gasteiger charge is 2.19. The molecule has 0 fully saturated rings. The van der Waals surface area contributed by atoms with Crippen LogP contribution in [0.1, 0.15) is 12.0 Å². The number of nitrogens with zero attached hydrogens (tertiary/aromatic N) is 1. The molecule has 0 spiro atoms.